The summed E-state index contributed by atoms with van der Waals surface area (Å²) in [5, 5.41) is 18.3. The van der Waals surface area contributed by atoms with Crippen molar-refractivity contribution in [3.05, 3.63) is 69.6 Å². The van der Waals surface area contributed by atoms with Crippen LogP contribution in [0.25, 0.3) is 10.8 Å². The number of nitrogens with one attached hydrogen (secondary N) is 1. The Kier molecular flexibility index (Phi) is 3.35. The summed E-state index contributed by atoms with van der Waals surface area (Å²) < 4.78 is 0. The SMILES string of the molecule is O=[N+]([O-])c1cc(CNc2ccc3ccccc3c2)cs1. The number of thiophene rings is 1. The molecule has 3 rings (SSSR count). The number of rotatable bonds is 4. The third kappa shape index (κ3) is 2.62. The Morgan fingerprint density at radius 3 is 2.65 bits per heavy atom. The molecule has 0 saturated carbocycles. The van der Waals surface area contributed by atoms with Crippen LogP contribution in [0.2, 0.25) is 0 Å². The van der Waals surface area contributed by atoms with Crippen LogP contribution in [-0.4, -0.2) is 4.92 Å². The highest BCUT2D eigenvalue weighted by atomic mass is 32.1. The van der Waals surface area contributed by atoms with E-state index in [2.05, 4.69) is 29.6 Å². The summed E-state index contributed by atoms with van der Waals surface area (Å²) in [6, 6.07) is 15.9. The van der Waals surface area contributed by atoms with E-state index in [1.165, 1.54) is 10.8 Å². The molecular weight excluding hydrogens is 272 g/mol. The highest BCUT2D eigenvalue weighted by Crippen LogP contribution is 2.24. The van der Waals surface area contributed by atoms with E-state index in [9.17, 15) is 10.1 Å². The molecule has 2 aromatic carbocycles. The molecule has 0 aliphatic carbocycles. The van der Waals surface area contributed by atoms with Gasteiger partial charge in [-0.1, -0.05) is 41.7 Å². The average molecular weight is 284 g/mol. The molecule has 100 valence electrons. The molecule has 1 heterocycles. The number of anilines is 1. The van der Waals surface area contributed by atoms with E-state index in [1.54, 1.807) is 6.07 Å². The van der Waals surface area contributed by atoms with Gasteiger partial charge in [0.2, 0.25) is 0 Å². The number of nitro groups is 1. The second-order valence-corrected chi connectivity index (χ2v) is 5.36. The lowest BCUT2D eigenvalue weighted by molar-refractivity contribution is -0.380. The summed E-state index contributed by atoms with van der Waals surface area (Å²) >= 11 is 1.16. The molecule has 0 saturated heterocycles. The summed E-state index contributed by atoms with van der Waals surface area (Å²) in [6.07, 6.45) is 0. The monoisotopic (exact) mass is 284 g/mol. The smallest absolute Gasteiger partial charge is 0.324 e. The van der Waals surface area contributed by atoms with Gasteiger partial charge in [0.15, 0.2) is 0 Å². The highest BCUT2D eigenvalue weighted by Gasteiger charge is 2.09. The minimum Gasteiger partial charge on any atom is -0.381 e. The second-order valence-electron chi connectivity index (χ2n) is 4.47. The van der Waals surface area contributed by atoms with Crippen molar-refractivity contribution in [2.45, 2.75) is 6.54 Å². The zero-order valence-corrected chi connectivity index (χ0v) is 11.4. The van der Waals surface area contributed by atoms with Crippen molar-refractivity contribution in [2.75, 3.05) is 5.32 Å². The normalized spacial score (nSPS) is 10.6. The molecule has 4 nitrogen and oxygen atoms in total. The molecule has 1 aromatic heterocycles. The summed E-state index contributed by atoms with van der Waals surface area (Å²) in [4.78, 5) is 10.3. The maximum atomic E-state index is 10.6. The van der Waals surface area contributed by atoms with Crippen LogP contribution in [0.4, 0.5) is 10.7 Å². The lowest BCUT2D eigenvalue weighted by atomic mass is 10.1. The van der Waals surface area contributed by atoms with E-state index in [0.29, 0.717) is 6.54 Å². The molecule has 0 amide bonds. The Balaban J connectivity index is 1.74. The van der Waals surface area contributed by atoms with E-state index in [1.807, 2.05) is 23.6 Å². The number of nitrogens with zero attached hydrogens (tertiary/aromatic N) is 1. The van der Waals surface area contributed by atoms with Gasteiger partial charge < -0.3 is 5.32 Å². The maximum Gasteiger partial charge on any atom is 0.324 e. The number of fused-ring (bicyclic) bond motifs is 1. The molecule has 5 heteroatoms. The first kappa shape index (κ1) is 12.6. The molecule has 0 atom stereocenters. The van der Waals surface area contributed by atoms with Crippen LogP contribution < -0.4 is 5.32 Å². The van der Waals surface area contributed by atoms with Crippen LogP contribution in [0.1, 0.15) is 5.56 Å². The maximum absolute atomic E-state index is 10.6. The largest absolute Gasteiger partial charge is 0.381 e. The standard InChI is InChI=1S/C15H12N2O2S/c18-17(19)15-7-11(10-20-15)9-16-14-6-5-12-3-1-2-4-13(12)8-14/h1-8,10,16H,9H2. The van der Waals surface area contributed by atoms with E-state index >= 15 is 0 Å². The van der Waals surface area contributed by atoms with Crippen LogP contribution in [-0.2, 0) is 6.54 Å². The molecule has 0 bridgehead atoms. The van der Waals surface area contributed by atoms with Crippen molar-refractivity contribution in [1.82, 2.24) is 0 Å². The number of benzene rings is 2. The molecule has 0 fully saturated rings. The van der Waals surface area contributed by atoms with Gasteiger partial charge in [-0.15, -0.1) is 0 Å². The van der Waals surface area contributed by atoms with Gasteiger partial charge in [-0.25, -0.2) is 0 Å². The Morgan fingerprint density at radius 2 is 1.90 bits per heavy atom. The highest BCUT2D eigenvalue weighted by molar-refractivity contribution is 7.13. The Labute approximate surface area is 119 Å². The van der Waals surface area contributed by atoms with Gasteiger partial charge in [-0.05, 0) is 28.5 Å². The van der Waals surface area contributed by atoms with Gasteiger partial charge in [-0.3, -0.25) is 10.1 Å². The topological polar surface area (TPSA) is 55.2 Å². The van der Waals surface area contributed by atoms with Gasteiger partial charge in [0.25, 0.3) is 0 Å². The molecular formula is C15H12N2O2S. The Morgan fingerprint density at radius 1 is 1.10 bits per heavy atom. The molecule has 0 aliphatic rings. The van der Waals surface area contributed by atoms with Crippen LogP contribution in [0.15, 0.2) is 53.9 Å². The van der Waals surface area contributed by atoms with Gasteiger partial charge >= 0.3 is 5.00 Å². The molecule has 1 N–H and O–H groups in total. The first-order chi connectivity index (χ1) is 9.72. The van der Waals surface area contributed by atoms with E-state index < -0.39 is 0 Å². The summed E-state index contributed by atoms with van der Waals surface area (Å²) in [7, 11) is 0. The van der Waals surface area contributed by atoms with Crippen molar-refractivity contribution in [1.29, 1.82) is 0 Å². The zero-order chi connectivity index (χ0) is 13.9. The summed E-state index contributed by atoms with van der Waals surface area (Å²) in [6.45, 7) is 0.586. The third-order valence-electron chi connectivity index (χ3n) is 3.07. The third-order valence-corrected chi connectivity index (χ3v) is 3.99. The van der Waals surface area contributed by atoms with Gasteiger partial charge in [0, 0.05) is 23.7 Å². The predicted molar refractivity (Wildman–Crippen MR) is 82.2 cm³/mol. The van der Waals surface area contributed by atoms with Gasteiger partial charge in [0.05, 0.1) is 4.92 Å². The predicted octanol–water partition coefficient (Wildman–Crippen LogP) is 4.42. The minimum absolute atomic E-state index is 0.181. The van der Waals surface area contributed by atoms with Crippen molar-refractivity contribution >= 4 is 32.8 Å². The van der Waals surface area contributed by atoms with Crippen LogP contribution >= 0.6 is 11.3 Å². The van der Waals surface area contributed by atoms with Crippen LogP contribution in [0, 0.1) is 10.1 Å². The molecule has 0 unspecified atom stereocenters. The summed E-state index contributed by atoms with van der Waals surface area (Å²) in [5.74, 6) is 0. The van der Waals surface area contributed by atoms with Gasteiger partial charge in [-0.2, -0.15) is 0 Å². The van der Waals surface area contributed by atoms with E-state index in [4.69, 9.17) is 0 Å². The number of hydrogen-bond donors (Lipinski definition) is 1. The van der Waals surface area contributed by atoms with E-state index in [0.717, 1.165) is 22.6 Å². The summed E-state index contributed by atoms with van der Waals surface area (Å²) in [5.41, 5.74) is 1.94. The van der Waals surface area contributed by atoms with E-state index in [-0.39, 0.29) is 9.92 Å². The Hall–Kier alpha value is -2.40. The molecule has 0 spiro atoms. The van der Waals surface area contributed by atoms with Crippen LogP contribution in [0.3, 0.4) is 0 Å². The molecule has 20 heavy (non-hydrogen) atoms. The van der Waals surface area contributed by atoms with Crippen molar-refractivity contribution in [2.24, 2.45) is 0 Å². The number of hydrogen-bond acceptors (Lipinski definition) is 4. The fourth-order valence-electron chi connectivity index (χ4n) is 2.05. The average Bonchev–Trinajstić information content (AvgIpc) is 2.94. The zero-order valence-electron chi connectivity index (χ0n) is 10.6. The van der Waals surface area contributed by atoms with Crippen molar-refractivity contribution < 1.29 is 4.92 Å². The molecule has 0 aliphatic heterocycles. The molecule has 3 aromatic rings. The second kappa shape index (κ2) is 5.30. The molecule has 0 radical (unpaired) electrons. The minimum atomic E-state index is -0.357. The first-order valence-electron chi connectivity index (χ1n) is 6.17. The fourth-order valence-corrected chi connectivity index (χ4v) is 2.78. The quantitative estimate of drug-likeness (QED) is 0.570. The van der Waals surface area contributed by atoms with Crippen molar-refractivity contribution in [3.8, 4) is 0 Å². The van der Waals surface area contributed by atoms with Crippen molar-refractivity contribution in [3.63, 3.8) is 0 Å². The van der Waals surface area contributed by atoms with Gasteiger partial charge in [0.1, 0.15) is 0 Å². The fraction of sp³-hybridized carbons (Fsp3) is 0.0667. The lowest BCUT2D eigenvalue weighted by Gasteiger charge is -2.06. The first-order valence-corrected chi connectivity index (χ1v) is 7.05. The Bertz CT molecular complexity index is 767. The lowest BCUT2D eigenvalue weighted by Crippen LogP contribution is -1.97. The van der Waals surface area contributed by atoms with Crippen LogP contribution in [0.5, 0.6) is 0 Å².